The summed E-state index contributed by atoms with van der Waals surface area (Å²) in [6, 6.07) is 12.9. The lowest BCUT2D eigenvalue weighted by atomic mass is 10.2. The normalized spacial score (nSPS) is 12.9. The first-order valence-electron chi connectivity index (χ1n) is 7.94. The summed E-state index contributed by atoms with van der Waals surface area (Å²) in [5.74, 6) is -3.65. The van der Waals surface area contributed by atoms with Crippen molar-refractivity contribution in [1.82, 2.24) is 4.98 Å². The Kier molecular flexibility index (Phi) is 6.33. The van der Waals surface area contributed by atoms with E-state index in [9.17, 15) is 0 Å². The molecule has 2 aromatic rings. The Labute approximate surface area is 146 Å². The minimum Gasteiger partial charge on any atom is -0.473 e. The van der Waals surface area contributed by atoms with Gasteiger partial charge in [-0.3, -0.25) is 4.98 Å². The minimum atomic E-state index is -1.82. The van der Waals surface area contributed by atoms with Crippen molar-refractivity contribution in [2.24, 2.45) is 0 Å². The molecule has 2 N–H and O–H groups in total. The molecule has 0 unspecified atom stereocenters. The van der Waals surface area contributed by atoms with Gasteiger partial charge in [0, 0.05) is 49.6 Å². The van der Waals surface area contributed by atoms with E-state index < -0.39 is 11.9 Å². The van der Waals surface area contributed by atoms with E-state index in [1.54, 1.807) is 0 Å². The Bertz CT molecular complexity index is 686. The summed E-state index contributed by atoms with van der Waals surface area (Å²) in [5.41, 5.74) is 3.70. The van der Waals surface area contributed by atoms with Crippen molar-refractivity contribution in [3.05, 3.63) is 48.8 Å². The molecule has 0 bridgehead atoms. The van der Waals surface area contributed by atoms with Gasteiger partial charge < -0.3 is 20.0 Å². The smallest absolute Gasteiger partial charge is 0.414 e. The molecule has 132 valence electrons. The van der Waals surface area contributed by atoms with E-state index >= 15 is 0 Å². The van der Waals surface area contributed by atoms with E-state index in [1.165, 1.54) is 37.3 Å². The van der Waals surface area contributed by atoms with Crippen molar-refractivity contribution in [2.45, 2.75) is 12.8 Å². The number of pyridine rings is 1. The lowest BCUT2D eigenvalue weighted by Gasteiger charge is -2.22. The number of anilines is 3. The van der Waals surface area contributed by atoms with Gasteiger partial charge in [-0.1, -0.05) is 0 Å². The Balaban J connectivity index is 0.000000326. The van der Waals surface area contributed by atoms with E-state index in [0.717, 1.165) is 5.69 Å². The van der Waals surface area contributed by atoms with Crippen LogP contribution in [0.5, 0.6) is 0 Å². The maximum atomic E-state index is 9.10. The van der Waals surface area contributed by atoms with Gasteiger partial charge in [-0.25, -0.2) is 9.59 Å². The highest BCUT2D eigenvalue weighted by molar-refractivity contribution is 6.27. The zero-order valence-corrected chi connectivity index (χ0v) is 14.0. The maximum Gasteiger partial charge on any atom is 0.414 e. The van der Waals surface area contributed by atoms with Crippen LogP contribution in [0.15, 0.2) is 48.8 Å². The maximum absolute atomic E-state index is 9.10. The van der Waals surface area contributed by atoms with E-state index in [1.807, 2.05) is 24.5 Å². The van der Waals surface area contributed by atoms with Crippen molar-refractivity contribution >= 4 is 29.0 Å². The van der Waals surface area contributed by atoms with Crippen LogP contribution >= 0.6 is 0 Å². The molecule has 1 aliphatic heterocycles. The van der Waals surface area contributed by atoms with Gasteiger partial charge in [-0.2, -0.15) is 0 Å². The lowest BCUT2D eigenvalue weighted by Crippen LogP contribution is -2.17. The second-order valence-electron chi connectivity index (χ2n) is 5.59. The molecule has 1 aliphatic rings. The summed E-state index contributed by atoms with van der Waals surface area (Å²) in [7, 11) is 2.08. The number of carboxylic acid groups (broad SMARTS) is 2. The average Bonchev–Trinajstić information content (AvgIpc) is 3.17. The van der Waals surface area contributed by atoms with Crippen LogP contribution in [0.4, 0.5) is 17.1 Å². The Hall–Kier alpha value is -3.09. The topological polar surface area (TPSA) is 94.0 Å². The quantitative estimate of drug-likeness (QED) is 0.827. The molecule has 1 saturated heterocycles. The number of aromatic nitrogens is 1. The molecule has 7 nitrogen and oxygen atoms in total. The third kappa shape index (κ3) is 5.20. The number of nitrogens with zero attached hydrogens (tertiary/aromatic N) is 3. The zero-order chi connectivity index (χ0) is 18.2. The van der Waals surface area contributed by atoms with Crippen molar-refractivity contribution < 1.29 is 19.8 Å². The molecule has 0 saturated carbocycles. The molecule has 0 radical (unpaired) electrons. The fraction of sp³-hybridized carbons (Fsp3) is 0.278. The average molecular weight is 343 g/mol. The molecular formula is C18H21N3O4. The predicted octanol–water partition coefficient (Wildman–Crippen LogP) is 2.61. The molecule has 1 aromatic heterocycles. The van der Waals surface area contributed by atoms with Crippen LogP contribution in [-0.4, -0.2) is 47.3 Å². The summed E-state index contributed by atoms with van der Waals surface area (Å²) in [5, 5.41) is 14.8. The number of benzene rings is 1. The number of rotatable bonds is 3. The first-order valence-corrected chi connectivity index (χ1v) is 7.94. The molecule has 1 aromatic carbocycles. The van der Waals surface area contributed by atoms with E-state index in [2.05, 4.69) is 46.1 Å². The molecule has 0 spiro atoms. The molecule has 1 fully saturated rings. The molecule has 7 heteroatoms. The second-order valence-corrected chi connectivity index (χ2v) is 5.59. The van der Waals surface area contributed by atoms with Crippen molar-refractivity contribution in [2.75, 3.05) is 29.9 Å². The molecule has 25 heavy (non-hydrogen) atoms. The summed E-state index contributed by atoms with van der Waals surface area (Å²) in [6.45, 7) is 2.39. The minimum absolute atomic E-state index is 1.16. The molecule has 3 rings (SSSR count). The van der Waals surface area contributed by atoms with E-state index in [-0.39, 0.29) is 0 Å². The van der Waals surface area contributed by atoms with Gasteiger partial charge in [0.05, 0.1) is 0 Å². The summed E-state index contributed by atoms with van der Waals surface area (Å²) >= 11 is 0. The van der Waals surface area contributed by atoms with Crippen molar-refractivity contribution in [3.8, 4) is 0 Å². The summed E-state index contributed by atoms with van der Waals surface area (Å²) < 4.78 is 0. The SMILES string of the molecule is CN(c1ccncc1)c1ccc(N2CCCC2)cc1.O=C(O)C(=O)O. The lowest BCUT2D eigenvalue weighted by molar-refractivity contribution is -0.159. The van der Waals surface area contributed by atoms with Crippen LogP contribution in [0.3, 0.4) is 0 Å². The molecular weight excluding hydrogens is 322 g/mol. The standard InChI is InChI=1S/C16H19N3.C2H2O4/c1-18(15-8-10-17-11-9-15)14-4-6-16(7-5-14)19-12-2-3-13-19;3-1(4)2(5)6/h4-11H,2-3,12-13H2,1H3;(H,3,4)(H,5,6). The zero-order valence-electron chi connectivity index (χ0n) is 14.0. The first-order chi connectivity index (χ1) is 12.0. The van der Waals surface area contributed by atoms with Gasteiger partial charge >= 0.3 is 11.9 Å². The van der Waals surface area contributed by atoms with Gasteiger partial charge in [-0.05, 0) is 49.2 Å². The summed E-state index contributed by atoms with van der Waals surface area (Å²) in [4.78, 5) is 26.9. The third-order valence-corrected chi connectivity index (χ3v) is 3.94. The fourth-order valence-electron chi connectivity index (χ4n) is 2.58. The molecule has 2 heterocycles. The van der Waals surface area contributed by atoms with E-state index in [4.69, 9.17) is 19.8 Å². The third-order valence-electron chi connectivity index (χ3n) is 3.94. The van der Waals surface area contributed by atoms with Crippen LogP contribution in [0, 0.1) is 0 Å². The number of hydrogen-bond donors (Lipinski definition) is 2. The predicted molar refractivity (Wildman–Crippen MR) is 95.5 cm³/mol. The fourth-order valence-corrected chi connectivity index (χ4v) is 2.58. The first kappa shape index (κ1) is 18.3. The van der Waals surface area contributed by atoms with Crippen molar-refractivity contribution in [3.63, 3.8) is 0 Å². The molecule has 0 atom stereocenters. The molecule has 0 amide bonds. The Morgan fingerprint density at radius 3 is 1.88 bits per heavy atom. The Morgan fingerprint density at radius 2 is 1.40 bits per heavy atom. The van der Waals surface area contributed by atoms with Crippen molar-refractivity contribution in [1.29, 1.82) is 0 Å². The van der Waals surface area contributed by atoms with Crippen LogP contribution in [0.25, 0.3) is 0 Å². The number of carboxylic acids is 2. The van der Waals surface area contributed by atoms with Gasteiger partial charge in [0.25, 0.3) is 0 Å². The van der Waals surface area contributed by atoms with Gasteiger partial charge in [0.2, 0.25) is 0 Å². The highest BCUT2D eigenvalue weighted by Gasteiger charge is 2.12. The number of hydrogen-bond acceptors (Lipinski definition) is 5. The van der Waals surface area contributed by atoms with Crippen LogP contribution in [-0.2, 0) is 9.59 Å². The van der Waals surface area contributed by atoms with Gasteiger partial charge in [0.1, 0.15) is 0 Å². The van der Waals surface area contributed by atoms with E-state index in [0.29, 0.717) is 0 Å². The monoisotopic (exact) mass is 343 g/mol. The Morgan fingerprint density at radius 1 is 0.920 bits per heavy atom. The number of aliphatic carboxylic acids is 2. The largest absolute Gasteiger partial charge is 0.473 e. The van der Waals surface area contributed by atoms with Gasteiger partial charge in [-0.15, -0.1) is 0 Å². The highest BCUT2D eigenvalue weighted by Crippen LogP contribution is 2.26. The highest BCUT2D eigenvalue weighted by atomic mass is 16.4. The molecule has 0 aliphatic carbocycles. The van der Waals surface area contributed by atoms with Crippen LogP contribution < -0.4 is 9.80 Å². The number of carbonyl (C=O) groups is 2. The van der Waals surface area contributed by atoms with Crippen LogP contribution in [0.1, 0.15) is 12.8 Å². The summed E-state index contributed by atoms with van der Waals surface area (Å²) in [6.07, 6.45) is 6.28. The second kappa shape index (κ2) is 8.68. The van der Waals surface area contributed by atoms with Gasteiger partial charge in [0.15, 0.2) is 0 Å². The van der Waals surface area contributed by atoms with Crippen LogP contribution in [0.2, 0.25) is 0 Å².